The normalized spacial score (nSPS) is 15.1. The van der Waals surface area contributed by atoms with Crippen LogP contribution in [0.25, 0.3) is 10.2 Å². The van der Waals surface area contributed by atoms with E-state index in [1.165, 1.54) is 17.4 Å². The first kappa shape index (κ1) is 24.1. The molecular weight excluding hydrogens is 482 g/mol. The van der Waals surface area contributed by atoms with Gasteiger partial charge >= 0.3 is 0 Å². The number of ether oxygens (including phenoxy) is 1. The molecule has 4 rings (SSSR count). The van der Waals surface area contributed by atoms with E-state index in [-0.39, 0.29) is 22.1 Å². The average molecular weight is 508 g/mol. The second-order valence-corrected chi connectivity index (χ2v) is 11.5. The first-order valence-electron chi connectivity index (χ1n) is 10.9. The Bertz CT molecular complexity index is 1240. The Hall–Kier alpha value is -2.04. The van der Waals surface area contributed by atoms with Crippen molar-refractivity contribution < 1.29 is 17.9 Å². The molecule has 0 radical (unpaired) electrons. The molecule has 7 nitrogen and oxygen atoms in total. The van der Waals surface area contributed by atoms with Gasteiger partial charge in [0.25, 0.3) is 5.91 Å². The summed E-state index contributed by atoms with van der Waals surface area (Å²) in [5.41, 5.74) is 0.919. The second-order valence-electron chi connectivity index (χ2n) is 7.77. The molecule has 176 valence electrons. The molecule has 1 saturated heterocycles. The summed E-state index contributed by atoms with van der Waals surface area (Å²) < 4.78 is 31.6. The van der Waals surface area contributed by atoms with E-state index in [2.05, 4.69) is 9.88 Å². The van der Waals surface area contributed by atoms with Crippen molar-refractivity contribution in [2.24, 2.45) is 0 Å². The van der Waals surface area contributed by atoms with Gasteiger partial charge in [0.2, 0.25) is 0 Å². The van der Waals surface area contributed by atoms with Crippen molar-refractivity contribution in [2.75, 3.05) is 50.0 Å². The highest BCUT2D eigenvalue weighted by Crippen LogP contribution is 2.32. The minimum absolute atomic E-state index is 0.0554. The van der Waals surface area contributed by atoms with Gasteiger partial charge in [-0.15, -0.1) is 0 Å². The van der Waals surface area contributed by atoms with Crippen molar-refractivity contribution in [1.29, 1.82) is 0 Å². The van der Waals surface area contributed by atoms with Crippen LogP contribution < -0.4 is 4.90 Å². The Morgan fingerprint density at radius 1 is 1.21 bits per heavy atom. The third kappa shape index (κ3) is 5.55. The zero-order chi connectivity index (χ0) is 23.4. The van der Waals surface area contributed by atoms with Crippen LogP contribution in [-0.4, -0.2) is 69.4 Å². The number of anilines is 1. The molecule has 0 atom stereocenters. The van der Waals surface area contributed by atoms with Gasteiger partial charge in [-0.05, 0) is 36.8 Å². The van der Waals surface area contributed by atoms with Gasteiger partial charge in [0.15, 0.2) is 15.0 Å². The second kappa shape index (κ2) is 10.5. The van der Waals surface area contributed by atoms with Crippen molar-refractivity contribution in [2.45, 2.75) is 18.2 Å². The van der Waals surface area contributed by atoms with Crippen molar-refractivity contribution in [3.63, 3.8) is 0 Å². The molecule has 0 N–H and O–H groups in total. The van der Waals surface area contributed by atoms with Crippen LogP contribution in [0.4, 0.5) is 5.13 Å². The number of fused-ring (bicyclic) bond motifs is 1. The van der Waals surface area contributed by atoms with Gasteiger partial charge < -0.3 is 4.74 Å². The molecule has 0 saturated carbocycles. The molecule has 0 spiro atoms. The minimum atomic E-state index is -3.56. The third-order valence-corrected chi connectivity index (χ3v) is 8.67. The number of amides is 1. The van der Waals surface area contributed by atoms with E-state index >= 15 is 0 Å². The summed E-state index contributed by atoms with van der Waals surface area (Å²) in [6.07, 6.45) is 0.727. The first-order valence-corrected chi connectivity index (χ1v) is 13.7. The monoisotopic (exact) mass is 507 g/mol. The number of aromatic nitrogens is 1. The van der Waals surface area contributed by atoms with Gasteiger partial charge in [-0.2, -0.15) is 0 Å². The summed E-state index contributed by atoms with van der Waals surface area (Å²) in [5, 5.41) is 1.13. The van der Waals surface area contributed by atoms with Crippen LogP contribution in [0.5, 0.6) is 0 Å². The molecule has 1 aromatic heterocycles. The molecule has 2 aromatic carbocycles. The number of thiazole rings is 1. The third-order valence-electron chi connectivity index (χ3n) is 5.61. The SMILES string of the molecule is CCS(=O)(=O)c1ccccc1C(=O)N(CCCN1CCOCC1)c1nc2ccc(Cl)cc2s1. The maximum absolute atomic E-state index is 13.7. The molecular formula is C23H26ClN3O4S2. The van der Waals surface area contributed by atoms with Gasteiger partial charge in [-0.1, -0.05) is 42.0 Å². The zero-order valence-electron chi connectivity index (χ0n) is 18.4. The highest BCUT2D eigenvalue weighted by molar-refractivity contribution is 7.91. The lowest BCUT2D eigenvalue weighted by molar-refractivity contribution is 0.0376. The molecule has 3 aromatic rings. The van der Waals surface area contributed by atoms with Crippen LogP contribution in [0.1, 0.15) is 23.7 Å². The van der Waals surface area contributed by atoms with Crippen LogP contribution in [0.15, 0.2) is 47.4 Å². The first-order chi connectivity index (χ1) is 15.9. The fourth-order valence-corrected chi connectivity index (χ4v) is 6.13. The van der Waals surface area contributed by atoms with E-state index in [4.69, 9.17) is 16.3 Å². The van der Waals surface area contributed by atoms with Crippen molar-refractivity contribution >= 4 is 54.0 Å². The number of sulfone groups is 1. The fraction of sp³-hybridized carbons (Fsp3) is 0.391. The smallest absolute Gasteiger partial charge is 0.261 e. The van der Waals surface area contributed by atoms with Crippen LogP contribution >= 0.6 is 22.9 Å². The van der Waals surface area contributed by atoms with Crippen molar-refractivity contribution in [1.82, 2.24) is 9.88 Å². The highest BCUT2D eigenvalue weighted by Gasteiger charge is 2.27. The summed E-state index contributed by atoms with van der Waals surface area (Å²) in [6.45, 7) is 5.97. The fourth-order valence-electron chi connectivity index (χ4n) is 3.78. The van der Waals surface area contributed by atoms with Crippen molar-refractivity contribution in [3.05, 3.63) is 53.1 Å². The Kier molecular flexibility index (Phi) is 7.65. The summed E-state index contributed by atoms with van der Waals surface area (Å²) in [4.78, 5) is 22.3. The lowest BCUT2D eigenvalue weighted by atomic mass is 10.2. The molecule has 0 aliphatic carbocycles. The Morgan fingerprint density at radius 2 is 1.97 bits per heavy atom. The lowest BCUT2D eigenvalue weighted by Crippen LogP contribution is -2.39. The topological polar surface area (TPSA) is 79.8 Å². The van der Waals surface area contributed by atoms with Crippen molar-refractivity contribution in [3.8, 4) is 0 Å². The molecule has 33 heavy (non-hydrogen) atoms. The number of carbonyl (C=O) groups excluding carboxylic acids is 1. The number of morpholine rings is 1. The predicted molar refractivity (Wildman–Crippen MR) is 132 cm³/mol. The summed E-state index contributed by atoms with van der Waals surface area (Å²) in [5.74, 6) is -0.441. The zero-order valence-corrected chi connectivity index (χ0v) is 20.8. The Morgan fingerprint density at radius 3 is 2.73 bits per heavy atom. The lowest BCUT2D eigenvalue weighted by Gasteiger charge is -2.28. The number of carbonyl (C=O) groups is 1. The summed E-state index contributed by atoms with van der Waals surface area (Å²) in [6, 6.07) is 11.8. The molecule has 1 fully saturated rings. The van der Waals surface area contributed by atoms with E-state index in [9.17, 15) is 13.2 Å². The van der Waals surface area contributed by atoms with Crippen LogP contribution in [-0.2, 0) is 14.6 Å². The quantitative estimate of drug-likeness (QED) is 0.456. The van der Waals surface area contributed by atoms with Gasteiger partial charge in [-0.3, -0.25) is 14.6 Å². The molecule has 1 aliphatic rings. The predicted octanol–water partition coefficient (Wildman–Crippen LogP) is 4.11. The van der Waals surface area contributed by atoms with Gasteiger partial charge in [0.05, 0.1) is 39.6 Å². The largest absolute Gasteiger partial charge is 0.379 e. The van der Waals surface area contributed by atoms with Gasteiger partial charge in [0.1, 0.15) is 0 Å². The maximum atomic E-state index is 13.7. The molecule has 10 heteroatoms. The van der Waals surface area contributed by atoms with E-state index in [1.807, 2.05) is 12.1 Å². The minimum Gasteiger partial charge on any atom is -0.379 e. The van der Waals surface area contributed by atoms with Crippen LogP contribution in [0.3, 0.4) is 0 Å². The number of rotatable bonds is 8. The van der Waals surface area contributed by atoms with Gasteiger partial charge in [-0.25, -0.2) is 13.4 Å². The molecule has 0 bridgehead atoms. The summed E-state index contributed by atoms with van der Waals surface area (Å²) >= 11 is 7.51. The maximum Gasteiger partial charge on any atom is 0.261 e. The van der Waals surface area contributed by atoms with E-state index in [1.54, 1.807) is 36.1 Å². The van der Waals surface area contributed by atoms with Crippen LogP contribution in [0, 0.1) is 0 Å². The molecule has 0 unspecified atom stereocenters. The number of benzene rings is 2. The average Bonchev–Trinajstić information content (AvgIpc) is 3.25. The number of nitrogens with zero attached hydrogens (tertiary/aromatic N) is 3. The number of halogens is 1. The molecule has 2 heterocycles. The number of hydrogen-bond acceptors (Lipinski definition) is 7. The Balaban J connectivity index is 1.66. The molecule has 1 aliphatic heterocycles. The highest BCUT2D eigenvalue weighted by atomic mass is 35.5. The van der Waals surface area contributed by atoms with Gasteiger partial charge in [0, 0.05) is 31.2 Å². The Labute approximate surface area is 202 Å². The van der Waals surface area contributed by atoms with E-state index < -0.39 is 9.84 Å². The summed E-state index contributed by atoms with van der Waals surface area (Å²) in [7, 11) is -3.56. The van der Waals surface area contributed by atoms with Crippen LogP contribution in [0.2, 0.25) is 5.02 Å². The standard InChI is InChI=1S/C23H26ClN3O4S2/c1-2-33(29,30)21-7-4-3-6-18(21)22(28)27(11-5-10-26-12-14-31-15-13-26)23-25-19-9-8-17(24)16-20(19)32-23/h3-4,6-9,16H,2,5,10-15H2,1H3. The molecule has 1 amide bonds. The van der Waals surface area contributed by atoms with E-state index in [0.717, 1.165) is 36.3 Å². The number of hydrogen-bond donors (Lipinski definition) is 0. The van der Waals surface area contributed by atoms with E-state index in [0.29, 0.717) is 29.9 Å².